The maximum absolute atomic E-state index is 12.0. The molecule has 1 fully saturated rings. The predicted molar refractivity (Wildman–Crippen MR) is 61.8 cm³/mol. The van der Waals surface area contributed by atoms with Crippen molar-refractivity contribution in [2.24, 2.45) is 11.1 Å². The first kappa shape index (κ1) is 13.0. The van der Waals surface area contributed by atoms with Gasteiger partial charge in [-0.2, -0.15) is 0 Å². The molecule has 92 valence electrons. The van der Waals surface area contributed by atoms with Gasteiger partial charge in [0.25, 0.3) is 5.91 Å². The third kappa shape index (κ3) is 1.91. The molecule has 0 aromatic rings. The normalized spacial score (nSPS) is 25.5. The summed E-state index contributed by atoms with van der Waals surface area (Å²) in [5.74, 6) is -0.249. The van der Waals surface area contributed by atoms with E-state index < -0.39 is 11.6 Å². The van der Waals surface area contributed by atoms with Gasteiger partial charge in [-0.3, -0.25) is 10.1 Å². The van der Waals surface area contributed by atoms with Gasteiger partial charge in [-0.05, 0) is 24.8 Å². The van der Waals surface area contributed by atoms with E-state index in [1.165, 1.54) is 0 Å². The summed E-state index contributed by atoms with van der Waals surface area (Å²) in [5, 5.41) is 5.08. The summed E-state index contributed by atoms with van der Waals surface area (Å²) in [6, 6.07) is -0.414. The molecule has 0 aromatic heterocycles. The maximum Gasteiger partial charge on any atom is 0.322 e. The number of nitrogens with one attached hydrogen (secondary N) is 2. The van der Waals surface area contributed by atoms with Crippen LogP contribution >= 0.6 is 0 Å². The molecule has 16 heavy (non-hydrogen) atoms. The van der Waals surface area contributed by atoms with Crippen LogP contribution in [0.25, 0.3) is 0 Å². The van der Waals surface area contributed by atoms with Gasteiger partial charge in [0.2, 0.25) is 0 Å². The van der Waals surface area contributed by atoms with Crippen LogP contribution in [-0.4, -0.2) is 24.0 Å². The van der Waals surface area contributed by atoms with Crippen LogP contribution in [0.4, 0.5) is 4.79 Å². The van der Waals surface area contributed by atoms with Crippen molar-refractivity contribution in [1.82, 2.24) is 10.6 Å². The van der Waals surface area contributed by atoms with Crippen LogP contribution in [0.5, 0.6) is 0 Å². The third-order valence-electron chi connectivity index (χ3n) is 3.49. The zero-order chi connectivity index (χ0) is 12.4. The SMILES string of the molecule is CCCC(C)(C)C1(CCN)NC(=O)NC1=O. The van der Waals surface area contributed by atoms with Crippen molar-refractivity contribution in [2.45, 2.75) is 45.6 Å². The van der Waals surface area contributed by atoms with E-state index in [2.05, 4.69) is 17.6 Å². The highest BCUT2D eigenvalue weighted by Crippen LogP contribution is 2.39. The average molecular weight is 227 g/mol. The molecular formula is C11H21N3O2. The van der Waals surface area contributed by atoms with Gasteiger partial charge < -0.3 is 11.1 Å². The van der Waals surface area contributed by atoms with Gasteiger partial charge in [0.1, 0.15) is 5.54 Å². The molecule has 1 rings (SSSR count). The number of urea groups is 1. The molecule has 0 radical (unpaired) electrons. The quantitative estimate of drug-likeness (QED) is 0.606. The van der Waals surface area contributed by atoms with Crippen molar-refractivity contribution in [1.29, 1.82) is 0 Å². The van der Waals surface area contributed by atoms with Crippen molar-refractivity contribution in [3.8, 4) is 0 Å². The molecule has 1 aliphatic heterocycles. The minimum Gasteiger partial charge on any atom is -0.330 e. The zero-order valence-electron chi connectivity index (χ0n) is 10.2. The second kappa shape index (κ2) is 4.41. The fourth-order valence-corrected chi connectivity index (χ4v) is 2.54. The maximum atomic E-state index is 12.0. The molecule has 0 bridgehead atoms. The lowest BCUT2D eigenvalue weighted by molar-refractivity contribution is -0.128. The summed E-state index contributed by atoms with van der Waals surface area (Å²) in [7, 11) is 0. The molecule has 1 saturated heterocycles. The van der Waals surface area contributed by atoms with Gasteiger partial charge >= 0.3 is 6.03 Å². The highest BCUT2D eigenvalue weighted by molar-refractivity contribution is 6.07. The van der Waals surface area contributed by atoms with E-state index in [0.29, 0.717) is 13.0 Å². The van der Waals surface area contributed by atoms with Gasteiger partial charge in [-0.1, -0.05) is 27.2 Å². The molecule has 5 nitrogen and oxygen atoms in total. The van der Waals surface area contributed by atoms with Gasteiger partial charge in [0, 0.05) is 0 Å². The summed E-state index contributed by atoms with van der Waals surface area (Å²) in [6.45, 7) is 6.43. The van der Waals surface area contributed by atoms with Crippen LogP contribution < -0.4 is 16.4 Å². The van der Waals surface area contributed by atoms with Crippen LogP contribution in [0.15, 0.2) is 0 Å². The summed E-state index contributed by atoms with van der Waals surface area (Å²) in [6.07, 6.45) is 2.29. The fraction of sp³-hybridized carbons (Fsp3) is 0.818. The van der Waals surface area contributed by atoms with Gasteiger partial charge in [0.05, 0.1) is 0 Å². The standard InChI is InChI=1S/C11H21N3O2/c1-4-5-10(2,3)11(6-7-12)8(15)13-9(16)14-11/h4-7,12H2,1-3H3,(H2,13,14,15,16). The average Bonchev–Trinajstić information content (AvgIpc) is 2.43. The number of carbonyl (C=O) groups excluding carboxylic acids is 2. The molecule has 0 saturated carbocycles. The smallest absolute Gasteiger partial charge is 0.322 e. The van der Waals surface area contributed by atoms with Crippen molar-refractivity contribution in [3.05, 3.63) is 0 Å². The Morgan fingerprint density at radius 3 is 2.38 bits per heavy atom. The molecule has 1 aliphatic rings. The number of carbonyl (C=O) groups is 2. The monoisotopic (exact) mass is 227 g/mol. The Balaban J connectivity index is 3.05. The number of nitrogens with two attached hydrogens (primary N) is 1. The second-order valence-corrected chi connectivity index (χ2v) is 4.99. The van der Waals surface area contributed by atoms with Gasteiger partial charge in [-0.15, -0.1) is 0 Å². The first-order chi connectivity index (χ1) is 7.39. The molecule has 0 aromatic carbocycles. The topological polar surface area (TPSA) is 84.2 Å². The molecule has 0 spiro atoms. The van der Waals surface area contributed by atoms with E-state index in [1.54, 1.807) is 0 Å². The molecule has 0 aliphatic carbocycles. The number of hydrogen-bond acceptors (Lipinski definition) is 3. The van der Waals surface area contributed by atoms with E-state index in [9.17, 15) is 9.59 Å². The molecule has 4 N–H and O–H groups in total. The molecule has 5 heteroatoms. The first-order valence-corrected chi connectivity index (χ1v) is 5.73. The molecule has 1 heterocycles. The Labute approximate surface area is 96.1 Å². The molecular weight excluding hydrogens is 206 g/mol. The largest absolute Gasteiger partial charge is 0.330 e. The Morgan fingerprint density at radius 1 is 1.38 bits per heavy atom. The van der Waals surface area contributed by atoms with Crippen LogP contribution in [0.1, 0.15) is 40.0 Å². The van der Waals surface area contributed by atoms with E-state index >= 15 is 0 Å². The number of hydrogen-bond donors (Lipinski definition) is 3. The van der Waals surface area contributed by atoms with E-state index in [-0.39, 0.29) is 11.3 Å². The first-order valence-electron chi connectivity index (χ1n) is 5.73. The summed E-state index contributed by atoms with van der Waals surface area (Å²) in [5.41, 5.74) is 4.42. The lowest BCUT2D eigenvalue weighted by Gasteiger charge is -2.41. The summed E-state index contributed by atoms with van der Waals surface area (Å²) in [4.78, 5) is 23.3. The van der Waals surface area contributed by atoms with Crippen LogP contribution in [0.3, 0.4) is 0 Å². The Morgan fingerprint density at radius 2 is 2.00 bits per heavy atom. The van der Waals surface area contributed by atoms with Crippen molar-refractivity contribution >= 4 is 11.9 Å². The Kier molecular flexibility index (Phi) is 3.57. The van der Waals surface area contributed by atoms with Crippen LogP contribution in [0, 0.1) is 5.41 Å². The predicted octanol–water partition coefficient (Wildman–Crippen LogP) is 0.740. The number of imide groups is 1. The van der Waals surface area contributed by atoms with E-state index in [1.807, 2.05) is 13.8 Å². The second-order valence-electron chi connectivity index (χ2n) is 4.99. The van der Waals surface area contributed by atoms with Gasteiger partial charge in [0.15, 0.2) is 0 Å². The molecule has 1 atom stereocenters. The Bertz CT molecular complexity index is 302. The van der Waals surface area contributed by atoms with Crippen molar-refractivity contribution in [3.63, 3.8) is 0 Å². The fourth-order valence-electron chi connectivity index (χ4n) is 2.54. The van der Waals surface area contributed by atoms with Gasteiger partial charge in [-0.25, -0.2) is 4.79 Å². The van der Waals surface area contributed by atoms with E-state index in [4.69, 9.17) is 5.73 Å². The summed E-state index contributed by atoms with van der Waals surface area (Å²) >= 11 is 0. The minimum atomic E-state index is -0.852. The molecule has 3 amide bonds. The third-order valence-corrected chi connectivity index (χ3v) is 3.49. The van der Waals surface area contributed by atoms with Crippen molar-refractivity contribution in [2.75, 3.05) is 6.54 Å². The number of rotatable bonds is 5. The lowest BCUT2D eigenvalue weighted by atomic mass is 9.67. The zero-order valence-corrected chi connectivity index (χ0v) is 10.2. The highest BCUT2D eigenvalue weighted by atomic mass is 16.2. The highest BCUT2D eigenvalue weighted by Gasteiger charge is 2.55. The number of amides is 3. The lowest BCUT2D eigenvalue weighted by Crippen LogP contribution is -2.58. The van der Waals surface area contributed by atoms with Crippen LogP contribution in [-0.2, 0) is 4.79 Å². The Hall–Kier alpha value is -1.10. The summed E-state index contributed by atoms with van der Waals surface area (Å²) < 4.78 is 0. The van der Waals surface area contributed by atoms with E-state index in [0.717, 1.165) is 12.8 Å². The minimum absolute atomic E-state index is 0.249. The van der Waals surface area contributed by atoms with Crippen LogP contribution in [0.2, 0.25) is 0 Å². The van der Waals surface area contributed by atoms with Crippen molar-refractivity contribution < 1.29 is 9.59 Å². The molecule has 1 unspecified atom stereocenters.